The van der Waals surface area contributed by atoms with E-state index in [1.54, 1.807) is 19.5 Å². The molecule has 0 radical (unpaired) electrons. The van der Waals surface area contributed by atoms with Crippen molar-refractivity contribution < 1.29 is 9.84 Å². The average molecular weight is 269 g/mol. The van der Waals surface area contributed by atoms with Gasteiger partial charge in [-0.15, -0.1) is 0 Å². The molecule has 0 bridgehead atoms. The number of aromatic nitrogens is 1. The molecule has 0 aliphatic heterocycles. The van der Waals surface area contributed by atoms with Crippen molar-refractivity contribution in [3.05, 3.63) is 59.9 Å². The van der Waals surface area contributed by atoms with E-state index in [-0.39, 0.29) is 5.41 Å². The lowest BCUT2D eigenvalue weighted by atomic mass is 9.60. The molecule has 0 amide bonds. The summed E-state index contributed by atoms with van der Waals surface area (Å²) < 4.78 is 5.20. The van der Waals surface area contributed by atoms with E-state index in [1.807, 2.05) is 24.3 Å². The molecule has 3 rings (SSSR count). The Morgan fingerprint density at radius 3 is 2.55 bits per heavy atom. The molecular formula is C17H19NO2. The summed E-state index contributed by atoms with van der Waals surface area (Å²) in [6.45, 7) is 0. The van der Waals surface area contributed by atoms with Gasteiger partial charge in [0.05, 0.1) is 19.4 Å². The Morgan fingerprint density at radius 2 is 1.95 bits per heavy atom. The summed E-state index contributed by atoms with van der Waals surface area (Å²) in [6, 6.07) is 12.2. The topological polar surface area (TPSA) is 42.4 Å². The molecule has 3 nitrogen and oxygen atoms in total. The zero-order chi connectivity index (χ0) is 14.0. The molecule has 104 valence electrons. The Kier molecular flexibility index (Phi) is 3.45. The first-order chi connectivity index (χ1) is 9.76. The lowest BCUT2D eigenvalue weighted by Crippen LogP contribution is -2.40. The van der Waals surface area contributed by atoms with Crippen LogP contribution < -0.4 is 4.74 Å². The van der Waals surface area contributed by atoms with Crippen molar-refractivity contribution in [3.8, 4) is 5.75 Å². The number of ether oxygens (including phenoxy) is 1. The molecule has 1 N–H and O–H groups in total. The van der Waals surface area contributed by atoms with Gasteiger partial charge in [-0.1, -0.05) is 36.8 Å². The van der Waals surface area contributed by atoms with E-state index in [4.69, 9.17) is 4.74 Å². The van der Waals surface area contributed by atoms with Gasteiger partial charge in [0, 0.05) is 17.2 Å². The van der Waals surface area contributed by atoms with Gasteiger partial charge >= 0.3 is 0 Å². The van der Waals surface area contributed by atoms with E-state index in [9.17, 15) is 5.11 Å². The number of pyridine rings is 1. The van der Waals surface area contributed by atoms with Crippen LogP contribution in [0.3, 0.4) is 0 Å². The highest BCUT2D eigenvalue weighted by Crippen LogP contribution is 2.52. The highest BCUT2D eigenvalue weighted by molar-refractivity contribution is 5.35. The molecule has 0 spiro atoms. The van der Waals surface area contributed by atoms with Crippen LogP contribution >= 0.6 is 0 Å². The number of aliphatic hydroxyl groups is 1. The van der Waals surface area contributed by atoms with Crippen LogP contribution in [0, 0.1) is 0 Å². The van der Waals surface area contributed by atoms with Crippen LogP contribution in [0.4, 0.5) is 0 Å². The number of hydrogen-bond acceptors (Lipinski definition) is 3. The Balaban J connectivity index is 1.97. The summed E-state index contributed by atoms with van der Waals surface area (Å²) in [5.41, 5.74) is 1.87. The fourth-order valence-electron chi connectivity index (χ4n) is 3.06. The number of benzene rings is 1. The second-order valence-corrected chi connectivity index (χ2v) is 5.44. The van der Waals surface area contributed by atoms with Crippen LogP contribution in [-0.4, -0.2) is 17.2 Å². The summed E-state index contributed by atoms with van der Waals surface area (Å²) in [6.07, 6.45) is 6.03. The minimum atomic E-state index is -0.541. The normalized spacial score (nSPS) is 18.1. The van der Waals surface area contributed by atoms with Crippen LogP contribution in [0.2, 0.25) is 0 Å². The van der Waals surface area contributed by atoms with E-state index in [1.165, 1.54) is 5.56 Å². The third-order valence-electron chi connectivity index (χ3n) is 4.40. The minimum absolute atomic E-state index is 0.171. The predicted octanol–water partition coefficient (Wildman–Crippen LogP) is 3.25. The van der Waals surface area contributed by atoms with Gasteiger partial charge in [-0.05, 0) is 24.5 Å². The van der Waals surface area contributed by atoms with Gasteiger partial charge in [0.15, 0.2) is 0 Å². The van der Waals surface area contributed by atoms with Crippen molar-refractivity contribution in [2.45, 2.75) is 30.8 Å². The maximum Gasteiger partial charge on any atom is 0.137 e. The molecule has 1 fully saturated rings. The second-order valence-electron chi connectivity index (χ2n) is 5.44. The highest BCUT2D eigenvalue weighted by atomic mass is 16.5. The first kappa shape index (κ1) is 13.1. The fourth-order valence-corrected chi connectivity index (χ4v) is 3.06. The minimum Gasteiger partial charge on any atom is -0.495 e. The molecular weight excluding hydrogens is 250 g/mol. The molecule has 1 unspecified atom stereocenters. The molecule has 1 aliphatic rings. The number of aliphatic hydroxyl groups excluding tert-OH is 1. The lowest BCUT2D eigenvalue weighted by molar-refractivity contribution is 0.0264. The third-order valence-corrected chi connectivity index (χ3v) is 4.40. The van der Waals surface area contributed by atoms with Crippen molar-refractivity contribution >= 4 is 0 Å². The van der Waals surface area contributed by atoms with Crippen LogP contribution in [0.15, 0.2) is 48.8 Å². The second kappa shape index (κ2) is 5.25. The zero-order valence-corrected chi connectivity index (χ0v) is 11.6. The van der Waals surface area contributed by atoms with Gasteiger partial charge in [0.2, 0.25) is 0 Å². The summed E-state index contributed by atoms with van der Waals surface area (Å²) in [4.78, 5) is 4.16. The zero-order valence-electron chi connectivity index (χ0n) is 11.6. The lowest BCUT2D eigenvalue weighted by Gasteiger charge is -2.46. The molecule has 2 aromatic rings. The predicted molar refractivity (Wildman–Crippen MR) is 77.7 cm³/mol. The van der Waals surface area contributed by atoms with Gasteiger partial charge in [0.1, 0.15) is 5.75 Å². The standard InChI is InChI=1S/C17H19NO2/c1-20-15-10-13(11-18-12-15)16(19)17(8-5-9-17)14-6-3-2-4-7-14/h2-4,6-7,10-12,16,19H,5,8-9H2,1H3. The van der Waals surface area contributed by atoms with Crippen LogP contribution in [0.25, 0.3) is 0 Å². The monoisotopic (exact) mass is 269 g/mol. The quantitative estimate of drug-likeness (QED) is 0.926. The van der Waals surface area contributed by atoms with Gasteiger partial charge in [-0.3, -0.25) is 4.98 Å². The number of methoxy groups -OCH3 is 1. The van der Waals surface area contributed by atoms with Crippen molar-refractivity contribution in [1.82, 2.24) is 4.98 Å². The van der Waals surface area contributed by atoms with Crippen molar-refractivity contribution in [2.75, 3.05) is 7.11 Å². The molecule has 3 heteroatoms. The van der Waals surface area contributed by atoms with E-state index in [2.05, 4.69) is 17.1 Å². The SMILES string of the molecule is COc1cncc(C(O)C2(c3ccccc3)CCC2)c1. The van der Waals surface area contributed by atoms with Gasteiger partial charge in [-0.25, -0.2) is 0 Å². The van der Waals surface area contributed by atoms with Crippen LogP contribution in [-0.2, 0) is 5.41 Å². The van der Waals surface area contributed by atoms with Crippen molar-refractivity contribution in [1.29, 1.82) is 0 Å². The first-order valence-electron chi connectivity index (χ1n) is 6.99. The average Bonchev–Trinajstić information content (AvgIpc) is 2.47. The number of rotatable bonds is 4. The molecule has 1 aromatic carbocycles. The Hall–Kier alpha value is -1.87. The van der Waals surface area contributed by atoms with Gasteiger partial charge < -0.3 is 9.84 Å². The van der Waals surface area contributed by atoms with E-state index in [0.29, 0.717) is 5.75 Å². The van der Waals surface area contributed by atoms with E-state index >= 15 is 0 Å². The summed E-state index contributed by atoms with van der Waals surface area (Å²) >= 11 is 0. The summed E-state index contributed by atoms with van der Waals surface area (Å²) in [5.74, 6) is 0.684. The molecule has 0 saturated heterocycles. The fraction of sp³-hybridized carbons (Fsp3) is 0.353. The molecule has 20 heavy (non-hydrogen) atoms. The highest BCUT2D eigenvalue weighted by Gasteiger charge is 2.45. The van der Waals surface area contributed by atoms with Crippen molar-refractivity contribution in [3.63, 3.8) is 0 Å². The molecule has 1 heterocycles. The smallest absolute Gasteiger partial charge is 0.137 e. The van der Waals surface area contributed by atoms with Crippen LogP contribution in [0.1, 0.15) is 36.5 Å². The van der Waals surface area contributed by atoms with Gasteiger partial charge in [0.25, 0.3) is 0 Å². The number of hydrogen-bond donors (Lipinski definition) is 1. The number of nitrogens with zero attached hydrogens (tertiary/aromatic N) is 1. The Labute approximate surface area is 119 Å². The maximum atomic E-state index is 10.9. The molecule has 1 saturated carbocycles. The van der Waals surface area contributed by atoms with E-state index in [0.717, 1.165) is 24.8 Å². The maximum absolute atomic E-state index is 10.9. The van der Waals surface area contributed by atoms with Crippen molar-refractivity contribution in [2.24, 2.45) is 0 Å². The van der Waals surface area contributed by atoms with Crippen LogP contribution in [0.5, 0.6) is 5.75 Å². The molecule has 1 aliphatic carbocycles. The third kappa shape index (κ3) is 2.08. The Morgan fingerprint density at radius 1 is 1.20 bits per heavy atom. The largest absolute Gasteiger partial charge is 0.495 e. The van der Waals surface area contributed by atoms with Gasteiger partial charge in [-0.2, -0.15) is 0 Å². The molecule has 1 aromatic heterocycles. The van der Waals surface area contributed by atoms with E-state index < -0.39 is 6.10 Å². The Bertz CT molecular complexity index is 579. The first-order valence-corrected chi connectivity index (χ1v) is 6.99. The summed E-state index contributed by atoms with van der Waals surface area (Å²) in [5, 5.41) is 10.9. The molecule has 1 atom stereocenters. The summed E-state index contributed by atoms with van der Waals surface area (Å²) in [7, 11) is 1.61.